The molecule has 0 amide bonds. The fraction of sp³-hybridized carbons (Fsp3) is 0.500. The molecule has 0 saturated carbocycles. The SMILES string of the molecule is CC1=NC(=[N+]2CCOCC2)S/C1=C1/C(=O)C(c2sc(N3CCOCC3)nc2C)=C1[O-]. The quantitative estimate of drug-likeness (QED) is 0.490. The molecule has 0 radical (unpaired) electrons. The molecule has 0 N–H and O–H groups in total. The van der Waals surface area contributed by atoms with Gasteiger partial charge in [-0.05, 0) is 11.9 Å². The number of aliphatic imine (C=N–C) groups is 1. The molecule has 4 aliphatic rings. The van der Waals surface area contributed by atoms with Crippen molar-refractivity contribution in [1.29, 1.82) is 0 Å². The molecule has 10 heteroatoms. The summed E-state index contributed by atoms with van der Waals surface area (Å²) in [6.45, 7) is 9.44. The summed E-state index contributed by atoms with van der Waals surface area (Å²) < 4.78 is 12.9. The van der Waals surface area contributed by atoms with Crippen LogP contribution in [-0.4, -0.2) is 78.8 Å². The number of aromatic nitrogens is 1. The molecule has 2 fully saturated rings. The first kappa shape index (κ1) is 19.9. The summed E-state index contributed by atoms with van der Waals surface area (Å²) in [7, 11) is 0. The Morgan fingerprint density at radius 1 is 1.07 bits per heavy atom. The van der Waals surface area contributed by atoms with Gasteiger partial charge in [0.1, 0.15) is 13.1 Å². The van der Waals surface area contributed by atoms with Crippen molar-refractivity contribution in [1.82, 2.24) is 4.98 Å². The molecule has 5 rings (SSSR count). The predicted octanol–water partition coefficient (Wildman–Crippen LogP) is 0.803. The number of ketones is 1. The van der Waals surface area contributed by atoms with Gasteiger partial charge in [0.05, 0.1) is 41.9 Å². The lowest BCUT2D eigenvalue weighted by Crippen LogP contribution is -2.36. The van der Waals surface area contributed by atoms with E-state index in [2.05, 4.69) is 19.5 Å². The number of thioether (sulfide) groups is 1. The van der Waals surface area contributed by atoms with Crippen LogP contribution in [0, 0.1) is 6.92 Å². The second kappa shape index (κ2) is 7.92. The number of amidine groups is 1. The lowest BCUT2D eigenvalue weighted by Gasteiger charge is -2.31. The van der Waals surface area contributed by atoms with Gasteiger partial charge in [-0.3, -0.25) is 4.79 Å². The highest BCUT2D eigenvalue weighted by Crippen LogP contribution is 2.45. The number of nitrogens with zero attached hydrogens (tertiary/aromatic N) is 4. The van der Waals surface area contributed by atoms with Crippen LogP contribution in [0.3, 0.4) is 0 Å². The van der Waals surface area contributed by atoms with Crippen molar-refractivity contribution in [2.45, 2.75) is 13.8 Å². The smallest absolute Gasteiger partial charge is 0.359 e. The van der Waals surface area contributed by atoms with Crippen LogP contribution in [0.5, 0.6) is 0 Å². The number of Topliss-reactive ketones (excluding diaryl/α,β-unsaturated/α-hetero) is 1. The van der Waals surface area contributed by atoms with Gasteiger partial charge in [0, 0.05) is 42.9 Å². The Balaban J connectivity index is 1.46. The molecular formula is C20H22N4O4S2. The maximum atomic E-state index is 13.0. The Bertz CT molecular complexity index is 1040. The molecular weight excluding hydrogens is 424 g/mol. The Morgan fingerprint density at radius 3 is 2.47 bits per heavy atom. The molecule has 3 aliphatic heterocycles. The zero-order valence-electron chi connectivity index (χ0n) is 16.9. The van der Waals surface area contributed by atoms with Crippen LogP contribution in [0.4, 0.5) is 5.13 Å². The van der Waals surface area contributed by atoms with Gasteiger partial charge in [0.2, 0.25) is 0 Å². The number of hydrogen-bond acceptors (Lipinski definition) is 8. The first-order chi connectivity index (χ1) is 14.5. The van der Waals surface area contributed by atoms with Gasteiger partial charge in [-0.2, -0.15) is 0 Å². The van der Waals surface area contributed by atoms with E-state index in [0.29, 0.717) is 36.2 Å². The minimum Gasteiger partial charge on any atom is -0.871 e. The van der Waals surface area contributed by atoms with Gasteiger partial charge in [-0.25, -0.2) is 9.56 Å². The monoisotopic (exact) mass is 446 g/mol. The minimum atomic E-state index is -0.194. The molecule has 30 heavy (non-hydrogen) atoms. The highest BCUT2D eigenvalue weighted by molar-refractivity contribution is 8.18. The fourth-order valence-corrected chi connectivity index (χ4v) is 6.13. The van der Waals surface area contributed by atoms with Crippen LogP contribution in [0.25, 0.3) is 5.57 Å². The van der Waals surface area contributed by atoms with Crippen molar-refractivity contribution < 1.29 is 24.0 Å². The molecule has 0 unspecified atom stereocenters. The zero-order chi connectivity index (χ0) is 20.8. The van der Waals surface area contributed by atoms with Crippen molar-refractivity contribution in [3.63, 3.8) is 0 Å². The Hall–Kier alpha value is -2.01. The maximum Gasteiger partial charge on any atom is 0.359 e. The van der Waals surface area contributed by atoms with Crippen molar-refractivity contribution in [3.05, 3.63) is 26.8 Å². The largest absolute Gasteiger partial charge is 0.871 e. The van der Waals surface area contributed by atoms with E-state index in [0.717, 1.165) is 47.9 Å². The van der Waals surface area contributed by atoms with E-state index in [4.69, 9.17) is 9.47 Å². The van der Waals surface area contributed by atoms with E-state index in [-0.39, 0.29) is 22.7 Å². The number of morpholine rings is 2. The second-order valence-corrected chi connectivity index (χ2v) is 9.38. The fourth-order valence-electron chi connectivity index (χ4n) is 3.81. The lowest BCUT2D eigenvalue weighted by atomic mass is 9.85. The molecule has 0 spiro atoms. The number of ether oxygens (including phenoxy) is 2. The molecule has 0 atom stereocenters. The summed E-state index contributed by atoms with van der Waals surface area (Å²) in [6.07, 6.45) is 0. The number of rotatable bonds is 2. The average molecular weight is 447 g/mol. The Labute approximate surface area is 182 Å². The van der Waals surface area contributed by atoms with Gasteiger partial charge in [0.15, 0.2) is 16.6 Å². The number of carbonyl (C=O) groups excluding carboxylic acids is 1. The summed E-state index contributed by atoms with van der Waals surface area (Å²) >= 11 is 2.84. The maximum absolute atomic E-state index is 13.0. The third-order valence-corrected chi connectivity index (χ3v) is 7.97. The molecule has 1 aliphatic carbocycles. The summed E-state index contributed by atoms with van der Waals surface area (Å²) in [5.41, 5.74) is 1.99. The van der Waals surface area contributed by atoms with E-state index < -0.39 is 0 Å². The summed E-state index contributed by atoms with van der Waals surface area (Å²) in [5, 5.41) is 14.7. The van der Waals surface area contributed by atoms with E-state index in [9.17, 15) is 9.90 Å². The first-order valence-electron chi connectivity index (χ1n) is 9.99. The van der Waals surface area contributed by atoms with Crippen LogP contribution in [-0.2, 0) is 14.3 Å². The van der Waals surface area contributed by atoms with Crippen LogP contribution < -0.4 is 10.0 Å². The molecule has 2 saturated heterocycles. The number of anilines is 1. The van der Waals surface area contributed by atoms with Crippen LogP contribution >= 0.6 is 23.1 Å². The third kappa shape index (κ3) is 3.31. The molecule has 1 aromatic rings. The van der Waals surface area contributed by atoms with Gasteiger partial charge in [-0.15, -0.1) is 0 Å². The number of thiazole rings is 1. The minimum absolute atomic E-state index is 0.194. The molecule has 0 aromatic carbocycles. The van der Waals surface area contributed by atoms with E-state index in [1.807, 2.05) is 13.8 Å². The van der Waals surface area contributed by atoms with Gasteiger partial charge in [-0.1, -0.05) is 17.1 Å². The molecule has 4 heterocycles. The van der Waals surface area contributed by atoms with Crippen LogP contribution in [0.15, 0.2) is 21.2 Å². The first-order valence-corrected chi connectivity index (χ1v) is 11.6. The van der Waals surface area contributed by atoms with Crippen molar-refractivity contribution in [2.24, 2.45) is 4.99 Å². The lowest BCUT2D eigenvalue weighted by molar-refractivity contribution is -0.547. The van der Waals surface area contributed by atoms with Crippen molar-refractivity contribution in [2.75, 3.05) is 57.5 Å². The second-order valence-electron chi connectivity index (χ2n) is 7.43. The predicted molar refractivity (Wildman–Crippen MR) is 115 cm³/mol. The summed E-state index contributed by atoms with van der Waals surface area (Å²) in [5.74, 6) is -0.388. The number of aryl methyl sites for hydroxylation is 1. The van der Waals surface area contributed by atoms with E-state index in [1.54, 1.807) is 0 Å². The highest BCUT2D eigenvalue weighted by atomic mass is 32.2. The highest BCUT2D eigenvalue weighted by Gasteiger charge is 2.39. The number of carbonyl (C=O) groups is 1. The van der Waals surface area contributed by atoms with Gasteiger partial charge >= 0.3 is 5.17 Å². The van der Waals surface area contributed by atoms with Crippen molar-refractivity contribution >= 4 is 50.5 Å². The molecule has 0 bridgehead atoms. The zero-order valence-corrected chi connectivity index (χ0v) is 18.5. The molecule has 158 valence electrons. The normalized spacial score (nSPS) is 25.2. The van der Waals surface area contributed by atoms with Gasteiger partial charge in [0.25, 0.3) is 0 Å². The Kier molecular flexibility index (Phi) is 5.26. The third-order valence-electron chi connectivity index (χ3n) is 5.50. The molecule has 1 aromatic heterocycles. The number of allylic oxidation sites excluding steroid dienone is 3. The number of hydrogen-bond donors (Lipinski definition) is 0. The van der Waals surface area contributed by atoms with Gasteiger partial charge < -0.3 is 19.5 Å². The van der Waals surface area contributed by atoms with E-state index >= 15 is 0 Å². The Morgan fingerprint density at radius 2 is 1.77 bits per heavy atom. The summed E-state index contributed by atoms with van der Waals surface area (Å²) in [4.78, 5) is 25.8. The van der Waals surface area contributed by atoms with Crippen molar-refractivity contribution in [3.8, 4) is 0 Å². The standard InChI is InChI=1S/C20H22N4O4S2/c1-11-17(29-19(21-11)23-3-7-27-8-4-23)13-15(25)14(16(13)26)18-12(2)22-20(30-18)24-5-9-28-10-6-24/h3-10H2,1-2H3. The summed E-state index contributed by atoms with van der Waals surface area (Å²) in [6, 6.07) is 0. The van der Waals surface area contributed by atoms with E-state index in [1.165, 1.54) is 23.1 Å². The van der Waals surface area contributed by atoms with Crippen LogP contribution in [0.1, 0.15) is 17.5 Å². The molecule has 8 nitrogen and oxygen atoms in total. The van der Waals surface area contributed by atoms with Crippen LogP contribution in [0.2, 0.25) is 0 Å². The topological polar surface area (TPSA) is 90.1 Å². The average Bonchev–Trinajstić information content (AvgIpc) is 3.33.